The zero-order chi connectivity index (χ0) is 18.7. The largest absolute Gasteiger partial charge is 0.274 e. The second-order valence-electron chi connectivity index (χ2n) is 5.93. The van der Waals surface area contributed by atoms with Gasteiger partial charge in [0, 0.05) is 18.5 Å². The lowest BCUT2D eigenvalue weighted by molar-refractivity contribution is -0.121. The zero-order valence-corrected chi connectivity index (χ0v) is 14.1. The summed E-state index contributed by atoms with van der Waals surface area (Å²) in [5, 5.41) is 0. The molecule has 1 aliphatic rings. The number of rotatable bonds is 4. The standard InChI is InChI=1S/C19H17N3O4/c1-12-5-4-6-13(11-12)17(24)21-20-16(23)9-10-22-18(25)14-7-2-3-8-15(14)19(22)26/h2-8,11H,9-10H2,1H3,(H,20,23)(H,21,24). The number of imide groups is 1. The van der Waals surface area contributed by atoms with Crippen molar-refractivity contribution in [3.05, 3.63) is 70.8 Å². The summed E-state index contributed by atoms with van der Waals surface area (Å²) >= 11 is 0. The molecule has 7 heteroatoms. The van der Waals surface area contributed by atoms with Crippen molar-refractivity contribution in [2.24, 2.45) is 0 Å². The van der Waals surface area contributed by atoms with Gasteiger partial charge in [0.05, 0.1) is 11.1 Å². The van der Waals surface area contributed by atoms with E-state index in [1.54, 1.807) is 42.5 Å². The SMILES string of the molecule is Cc1cccc(C(=O)NNC(=O)CCN2C(=O)c3ccccc3C2=O)c1. The third-order valence-electron chi connectivity index (χ3n) is 4.04. The van der Waals surface area contributed by atoms with E-state index in [1.165, 1.54) is 0 Å². The molecule has 0 aromatic heterocycles. The van der Waals surface area contributed by atoms with Crippen LogP contribution in [0.5, 0.6) is 0 Å². The molecule has 2 N–H and O–H groups in total. The number of carbonyl (C=O) groups is 4. The van der Waals surface area contributed by atoms with Gasteiger partial charge in [-0.2, -0.15) is 0 Å². The van der Waals surface area contributed by atoms with Crippen LogP contribution in [0.25, 0.3) is 0 Å². The minimum atomic E-state index is -0.498. The molecule has 2 aromatic rings. The highest BCUT2D eigenvalue weighted by Gasteiger charge is 2.34. The first-order chi connectivity index (χ1) is 12.5. The van der Waals surface area contributed by atoms with Gasteiger partial charge in [-0.25, -0.2) is 0 Å². The number of nitrogens with zero attached hydrogens (tertiary/aromatic N) is 1. The fourth-order valence-electron chi connectivity index (χ4n) is 2.70. The third-order valence-corrected chi connectivity index (χ3v) is 4.04. The normalized spacial score (nSPS) is 12.7. The molecule has 0 fully saturated rings. The Morgan fingerprint density at radius 1 is 0.923 bits per heavy atom. The van der Waals surface area contributed by atoms with E-state index < -0.39 is 23.6 Å². The van der Waals surface area contributed by atoms with E-state index in [2.05, 4.69) is 10.9 Å². The fourth-order valence-corrected chi connectivity index (χ4v) is 2.70. The maximum absolute atomic E-state index is 12.2. The molecule has 0 bridgehead atoms. The van der Waals surface area contributed by atoms with Crippen molar-refractivity contribution >= 4 is 23.6 Å². The maximum atomic E-state index is 12.2. The molecule has 2 aromatic carbocycles. The van der Waals surface area contributed by atoms with E-state index in [9.17, 15) is 19.2 Å². The van der Waals surface area contributed by atoms with Crippen LogP contribution in [0.15, 0.2) is 48.5 Å². The summed E-state index contributed by atoms with van der Waals surface area (Å²) < 4.78 is 0. The fraction of sp³-hybridized carbons (Fsp3) is 0.158. The Hall–Kier alpha value is -3.48. The summed E-state index contributed by atoms with van der Waals surface area (Å²) in [4.78, 5) is 49.3. The Labute approximate surface area is 150 Å². The van der Waals surface area contributed by atoms with E-state index in [0.29, 0.717) is 16.7 Å². The summed E-state index contributed by atoms with van der Waals surface area (Å²) in [5.74, 6) is -1.77. The number of fused-ring (bicyclic) bond motifs is 1. The smallest absolute Gasteiger partial charge is 0.269 e. The number of benzene rings is 2. The molecule has 0 saturated heterocycles. The summed E-state index contributed by atoms with van der Waals surface area (Å²) in [6, 6.07) is 13.5. The highest BCUT2D eigenvalue weighted by molar-refractivity contribution is 6.21. The molecule has 0 spiro atoms. The number of amides is 4. The molecule has 0 unspecified atom stereocenters. The van der Waals surface area contributed by atoms with Gasteiger partial charge in [0.2, 0.25) is 5.91 Å². The summed E-state index contributed by atoms with van der Waals surface area (Å²) in [6.45, 7) is 1.80. The first-order valence-electron chi connectivity index (χ1n) is 8.08. The lowest BCUT2D eigenvalue weighted by atomic mass is 10.1. The average Bonchev–Trinajstić information content (AvgIpc) is 2.89. The lowest BCUT2D eigenvalue weighted by Crippen LogP contribution is -2.43. The van der Waals surface area contributed by atoms with Gasteiger partial charge in [0.1, 0.15) is 0 Å². The second-order valence-corrected chi connectivity index (χ2v) is 5.93. The van der Waals surface area contributed by atoms with Crippen LogP contribution in [-0.2, 0) is 4.79 Å². The topological polar surface area (TPSA) is 95.6 Å². The monoisotopic (exact) mass is 351 g/mol. The van der Waals surface area contributed by atoms with Crippen LogP contribution in [0.1, 0.15) is 43.1 Å². The average molecular weight is 351 g/mol. The number of hydrogen-bond donors (Lipinski definition) is 2. The molecular formula is C19H17N3O4. The van der Waals surface area contributed by atoms with E-state index in [1.807, 2.05) is 13.0 Å². The maximum Gasteiger partial charge on any atom is 0.269 e. The lowest BCUT2D eigenvalue weighted by Gasteiger charge is -2.13. The number of hydrazine groups is 1. The highest BCUT2D eigenvalue weighted by Crippen LogP contribution is 2.22. The Bertz CT molecular complexity index is 872. The van der Waals surface area contributed by atoms with Crippen molar-refractivity contribution in [3.8, 4) is 0 Å². The third kappa shape index (κ3) is 3.46. The number of aryl methyl sites for hydroxylation is 1. The molecule has 3 rings (SSSR count). The number of carbonyl (C=O) groups excluding carboxylic acids is 4. The van der Waals surface area contributed by atoms with Crippen molar-refractivity contribution in [2.75, 3.05) is 6.54 Å². The predicted octanol–water partition coefficient (Wildman–Crippen LogP) is 1.44. The number of nitrogens with one attached hydrogen (secondary N) is 2. The molecule has 0 radical (unpaired) electrons. The van der Waals surface area contributed by atoms with Gasteiger partial charge in [-0.05, 0) is 31.2 Å². The molecule has 1 aliphatic heterocycles. The van der Waals surface area contributed by atoms with Crippen LogP contribution >= 0.6 is 0 Å². The van der Waals surface area contributed by atoms with Crippen LogP contribution in [-0.4, -0.2) is 35.1 Å². The molecule has 0 saturated carbocycles. The second kappa shape index (κ2) is 7.18. The van der Waals surface area contributed by atoms with Gasteiger partial charge < -0.3 is 0 Å². The van der Waals surface area contributed by atoms with Crippen molar-refractivity contribution < 1.29 is 19.2 Å². The van der Waals surface area contributed by atoms with Gasteiger partial charge in [0.25, 0.3) is 17.7 Å². The van der Waals surface area contributed by atoms with Gasteiger partial charge >= 0.3 is 0 Å². The number of hydrogen-bond acceptors (Lipinski definition) is 4. The molecule has 0 aliphatic carbocycles. The van der Waals surface area contributed by atoms with Gasteiger partial charge in [-0.15, -0.1) is 0 Å². The minimum Gasteiger partial charge on any atom is -0.274 e. The minimum absolute atomic E-state index is 0.0570. The van der Waals surface area contributed by atoms with Crippen molar-refractivity contribution in [3.63, 3.8) is 0 Å². The molecule has 132 valence electrons. The molecule has 4 amide bonds. The van der Waals surface area contributed by atoms with E-state index >= 15 is 0 Å². The van der Waals surface area contributed by atoms with E-state index in [-0.39, 0.29) is 13.0 Å². The highest BCUT2D eigenvalue weighted by atomic mass is 16.2. The zero-order valence-electron chi connectivity index (χ0n) is 14.1. The first kappa shape index (κ1) is 17.3. The van der Waals surface area contributed by atoms with Crippen LogP contribution < -0.4 is 10.9 Å². The van der Waals surface area contributed by atoms with Crippen LogP contribution in [0.4, 0.5) is 0 Å². The van der Waals surface area contributed by atoms with E-state index in [4.69, 9.17) is 0 Å². The van der Waals surface area contributed by atoms with Crippen molar-refractivity contribution in [1.82, 2.24) is 15.8 Å². The molecule has 1 heterocycles. The van der Waals surface area contributed by atoms with Crippen LogP contribution in [0.3, 0.4) is 0 Å². The molecule has 7 nitrogen and oxygen atoms in total. The van der Waals surface area contributed by atoms with Crippen LogP contribution in [0.2, 0.25) is 0 Å². The molecule has 0 atom stereocenters. The van der Waals surface area contributed by atoms with E-state index in [0.717, 1.165) is 10.5 Å². The van der Waals surface area contributed by atoms with Gasteiger partial charge in [-0.1, -0.05) is 29.8 Å². The van der Waals surface area contributed by atoms with Crippen molar-refractivity contribution in [2.45, 2.75) is 13.3 Å². The van der Waals surface area contributed by atoms with Crippen molar-refractivity contribution in [1.29, 1.82) is 0 Å². The Kier molecular flexibility index (Phi) is 4.79. The first-order valence-corrected chi connectivity index (χ1v) is 8.08. The van der Waals surface area contributed by atoms with Gasteiger partial charge in [-0.3, -0.25) is 34.9 Å². The quantitative estimate of drug-likeness (QED) is 0.644. The Morgan fingerprint density at radius 2 is 1.58 bits per heavy atom. The Balaban J connectivity index is 1.51. The van der Waals surface area contributed by atoms with Crippen LogP contribution in [0, 0.1) is 6.92 Å². The summed E-state index contributed by atoms with van der Waals surface area (Å²) in [5.41, 5.74) is 6.63. The summed E-state index contributed by atoms with van der Waals surface area (Å²) in [7, 11) is 0. The summed E-state index contributed by atoms with van der Waals surface area (Å²) in [6.07, 6.45) is -0.112. The Morgan fingerprint density at radius 3 is 2.19 bits per heavy atom. The predicted molar refractivity (Wildman–Crippen MR) is 93.2 cm³/mol. The molecule has 26 heavy (non-hydrogen) atoms. The van der Waals surface area contributed by atoms with Gasteiger partial charge in [0.15, 0.2) is 0 Å². The molecular weight excluding hydrogens is 334 g/mol.